The molecule has 0 aliphatic rings. The highest BCUT2D eigenvalue weighted by atomic mass is 35.5. The second-order valence-electron chi connectivity index (χ2n) is 7.05. The molecule has 0 rings (SSSR count). The monoisotopic (exact) mass is 292 g/mol. The maximum Gasteiger partial charge on any atom is 0.207 e. The zero-order valence-corrected chi connectivity index (χ0v) is 15.4. The number of nitrogens with zero attached hydrogens (tertiary/aromatic N) is 2. The average Bonchev–Trinajstić information content (AvgIpc) is 1.96. The van der Waals surface area contributed by atoms with E-state index < -0.39 is 0 Å². The molecule has 108 valence electrons. The van der Waals surface area contributed by atoms with Gasteiger partial charge in [-0.25, -0.2) is 4.58 Å². The molecule has 0 aliphatic carbocycles. The molecule has 0 unspecified atom stereocenters. The van der Waals surface area contributed by atoms with E-state index in [-0.39, 0.29) is 23.2 Å². The van der Waals surface area contributed by atoms with Crippen molar-refractivity contribution in [2.45, 2.75) is 41.5 Å². The summed E-state index contributed by atoms with van der Waals surface area (Å²) in [5.41, 5.74) is 3.32. The molecule has 2 nitrogen and oxygen atoms in total. The first-order valence-corrected chi connectivity index (χ1v) is 7.08. The van der Waals surface area contributed by atoms with Crippen LogP contribution in [0.4, 0.5) is 0 Å². The minimum absolute atomic E-state index is 0. The Morgan fingerprint density at radius 3 is 1.44 bits per heavy atom. The normalized spacial score (nSPS) is 13.4. The van der Waals surface area contributed by atoms with E-state index in [1.54, 1.807) is 0 Å². The van der Waals surface area contributed by atoms with Crippen LogP contribution in [-0.4, -0.2) is 48.5 Å². The van der Waals surface area contributed by atoms with Crippen LogP contribution in [0.5, 0.6) is 0 Å². The van der Waals surface area contributed by atoms with Crippen molar-refractivity contribution in [2.75, 3.05) is 28.2 Å². The van der Waals surface area contributed by atoms with Crippen molar-refractivity contribution in [2.24, 2.45) is 10.8 Å². The van der Waals surface area contributed by atoms with E-state index in [0.717, 1.165) is 0 Å². The number of rotatable bonds is 2. The lowest BCUT2D eigenvalue weighted by molar-refractivity contribution is -0.465. The molecule has 0 amide bonds. The number of hydrogen-bond donors (Lipinski definition) is 0. The summed E-state index contributed by atoms with van der Waals surface area (Å²) in [6.45, 7) is 13.7. The van der Waals surface area contributed by atoms with Crippen molar-refractivity contribution < 1.29 is 17.0 Å². The molecule has 0 heterocycles. The van der Waals surface area contributed by atoms with Gasteiger partial charge in [0.05, 0.1) is 5.41 Å². The van der Waals surface area contributed by atoms with E-state index in [9.17, 15) is 0 Å². The van der Waals surface area contributed by atoms with Gasteiger partial charge in [0.25, 0.3) is 0 Å². The van der Waals surface area contributed by atoms with Gasteiger partial charge >= 0.3 is 0 Å². The zero-order valence-electron chi connectivity index (χ0n) is 13.7. The van der Waals surface area contributed by atoms with Gasteiger partial charge in [-0.05, 0) is 34.9 Å². The lowest BCUT2D eigenvalue weighted by Gasteiger charge is -2.28. The number of hydrogen-bond acceptors (Lipinski definition) is 0. The Kier molecular flexibility index (Phi) is 7.97. The molecule has 0 radical (unpaired) electrons. The Hall–Kier alpha value is 0.0900. The SMILES string of the molecule is CN(C)C(=PC(=[N+](C)C)C(C)(C)C)C(C)(C)C.[Cl-]. The minimum atomic E-state index is 0. The molecule has 18 heavy (non-hydrogen) atoms. The minimum Gasteiger partial charge on any atom is -1.00 e. The summed E-state index contributed by atoms with van der Waals surface area (Å²) >= 11 is 0. The molecule has 0 saturated heterocycles. The summed E-state index contributed by atoms with van der Waals surface area (Å²) in [5.74, 6) is 0. The Morgan fingerprint density at radius 1 is 0.889 bits per heavy atom. The van der Waals surface area contributed by atoms with Crippen LogP contribution in [0, 0.1) is 10.8 Å². The summed E-state index contributed by atoms with van der Waals surface area (Å²) in [6, 6.07) is 0. The van der Waals surface area contributed by atoms with Crippen molar-refractivity contribution in [1.29, 1.82) is 0 Å². The summed E-state index contributed by atoms with van der Waals surface area (Å²) in [4.78, 5) is 2.26. The van der Waals surface area contributed by atoms with Crippen LogP contribution >= 0.6 is 8.20 Å². The van der Waals surface area contributed by atoms with E-state index in [1.807, 2.05) is 0 Å². The van der Waals surface area contributed by atoms with Gasteiger partial charge in [-0.3, -0.25) is 4.90 Å². The van der Waals surface area contributed by atoms with Crippen LogP contribution in [0.1, 0.15) is 41.5 Å². The standard InChI is InChI=1S/C14H30N2P.ClH/c1-13(2,3)11(15(7)8)17-12(16(9)10)14(4,5)6;/h1-10H3;1H/q+1;/p-1. The molecular formula is C14H30ClN2P. The fraction of sp³-hybridized carbons (Fsp3) is 0.857. The molecule has 0 spiro atoms. The van der Waals surface area contributed by atoms with Crippen molar-refractivity contribution >= 4 is 19.1 Å². The fourth-order valence-corrected chi connectivity index (χ4v) is 3.25. The van der Waals surface area contributed by atoms with E-state index in [1.165, 1.54) is 19.1 Å². The third-order valence-electron chi connectivity index (χ3n) is 2.40. The van der Waals surface area contributed by atoms with Gasteiger partial charge in [0.2, 0.25) is 5.45 Å². The van der Waals surface area contributed by atoms with Crippen molar-refractivity contribution in [3.05, 3.63) is 0 Å². The molecule has 0 fully saturated rings. The van der Waals surface area contributed by atoms with Crippen molar-refractivity contribution in [3.8, 4) is 0 Å². The van der Waals surface area contributed by atoms with E-state index in [2.05, 4.69) is 79.2 Å². The van der Waals surface area contributed by atoms with Crippen LogP contribution in [0.15, 0.2) is 0 Å². The maximum absolute atomic E-state index is 2.28. The average molecular weight is 293 g/mol. The van der Waals surface area contributed by atoms with Gasteiger partial charge in [-0.1, -0.05) is 20.8 Å². The Morgan fingerprint density at radius 2 is 1.28 bits per heavy atom. The summed E-state index contributed by atoms with van der Waals surface area (Å²) < 4.78 is 2.26. The quantitative estimate of drug-likeness (QED) is 0.405. The molecule has 0 saturated carbocycles. The first-order chi connectivity index (χ1) is 7.37. The summed E-state index contributed by atoms with van der Waals surface area (Å²) in [5, 5.41) is 0. The largest absolute Gasteiger partial charge is 1.00 e. The van der Waals surface area contributed by atoms with E-state index in [4.69, 9.17) is 0 Å². The van der Waals surface area contributed by atoms with Gasteiger partial charge in [0, 0.05) is 19.0 Å². The van der Waals surface area contributed by atoms with Crippen LogP contribution in [0.3, 0.4) is 0 Å². The van der Waals surface area contributed by atoms with Gasteiger partial charge in [-0.15, -0.1) is 0 Å². The second-order valence-corrected chi connectivity index (χ2v) is 8.12. The predicted octanol–water partition coefficient (Wildman–Crippen LogP) is 0.391. The van der Waals surface area contributed by atoms with Gasteiger partial charge in [-0.2, -0.15) is 0 Å². The molecule has 0 aromatic carbocycles. The lowest BCUT2D eigenvalue weighted by atomic mass is 9.96. The molecular weight excluding hydrogens is 263 g/mol. The lowest BCUT2D eigenvalue weighted by Crippen LogP contribution is -3.00. The van der Waals surface area contributed by atoms with Crippen molar-refractivity contribution in [1.82, 2.24) is 4.90 Å². The molecule has 0 aliphatic heterocycles. The van der Waals surface area contributed by atoms with Gasteiger partial charge in [0.1, 0.15) is 14.1 Å². The Bertz CT molecular complexity index is 327. The maximum atomic E-state index is 2.28. The van der Waals surface area contributed by atoms with E-state index in [0.29, 0.717) is 0 Å². The summed E-state index contributed by atoms with van der Waals surface area (Å²) in [6.07, 6.45) is 0. The summed E-state index contributed by atoms with van der Waals surface area (Å²) in [7, 11) is 9.90. The second kappa shape index (κ2) is 7.03. The molecule has 4 heteroatoms. The fourth-order valence-electron chi connectivity index (χ4n) is 1.98. The van der Waals surface area contributed by atoms with Gasteiger partial charge < -0.3 is 12.4 Å². The topological polar surface area (TPSA) is 6.25 Å². The van der Waals surface area contributed by atoms with Gasteiger partial charge in [0.15, 0.2) is 0 Å². The molecule has 0 atom stereocenters. The van der Waals surface area contributed by atoms with Crippen LogP contribution < -0.4 is 12.4 Å². The first-order valence-electron chi connectivity index (χ1n) is 6.18. The first kappa shape index (κ1) is 20.4. The van der Waals surface area contributed by atoms with Crippen LogP contribution in [0.25, 0.3) is 0 Å². The molecule has 0 aromatic heterocycles. The Labute approximate surface area is 122 Å². The highest BCUT2D eigenvalue weighted by Crippen LogP contribution is 2.30. The zero-order chi connectivity index (χ0) is 14.0. The Balaban J connectivity index is 0. The van der Waals surface area contributed by atoms with E-state index >= 15 is 0 Å². The third kappa shape index (κ3) is 6.31. The van der Waals surface area contributed by atoms with Crippen LogP contribution in [0.2, 0.25) is 0 Å². The highest BCUT2D eigenvalue weighted by Gasteiger charge is 2.29. The molecule has 0 bridgehead atoms. The smallest absolute Gasteiger partial charge is 0.207 e. The van der Waals surface area contributed by atoms with Crippen molar-refractivity contribution in [3.63, 3.8) is 0 Å². The number of halogens is 1. The molecule has 0 aromatic rings. The third-order valence-corrected chi connectivity index (χ3v) is 4.97. The molecule has 0 N–H and O–H groups in total. The predicted molar refractivity (Wildman–Crippen MR) is 81.6 cm³/mol. The van der Waals surface area contributed by atoms with Crippen LogP contribution in [-0.2, 0) is 0 Å². The highest BCUT2D eigenvalue weighted by molar-refractivity contribution is 7.59.